The molecule has 214 valence electrons. The van der Waals surface area contributed by atoms with Crippen LogP contribution in [0.1, 0.15) is 80.2 Å². The number of imide groups is 1. The molecule has 2 aliphatic carbocycles. The lowest BCUT2D eigenvalue weighted by Gasteiger charge is -2.35. The molecule has 1 aliphatic heterocycles. The van der Waals surface area contributed by atoms with Crippen molar-refractivity contribution in [2.45, 2.75) is 77.3 Å². The first-order chi connectivity index (χ1) is 19.3. The monoisotopic (exact) mass is 566 g/mol. The van der Waals surface area contributed by atoms with Crippen molar-refractivity contribution in [2.75, 3.05) is 19.7 Å². The van der Waals surface area contributed by atoms with Gasteiger partial charge in [0.25, 0.3) is 0 Å². The smallest absolute Gasteiger partial charge is 0.306 e. The Morgan fingerprint density at radius 2 is 1.77 bits per heavy atom. The average Bonchev–Trinajstić information content (AvgIpc) is 3.51. The highest BCUT2D eigenvalue weighted by atomic mass is 35.5. The predicted octanol–water partition coefficient (Wildman–Crippen LogP) is 5.81. The predicted molar refractivity (Wildman–Crippen MR) is 153 cm³/mol. The van der Waals surface area contributed by atoms with Gasteiger partial charge in [-0.15, -0.1) is 0 Å². The van der Waals surface area contributed by atoms with Crippen molar-refractivity contribution in [3.05, 3.63) is 63.7 Å². The van der Waals surface area contributed by atoms with Gasteiger partial charge in [-0.2, -0.15) is 0 Å². The maximum atomic E-state index is 11.9. The van der Waals surface area contributed by atoms with Crippen LogP contribution < -0.4 is 4.74 Å². The molecule has 1 heterocycles. The zero-order chi connectivity index (χ0) is 28.2. The molecule has 2 fully saturated rings. The van der Waals surface area contributed by atoms with Crippen molar-refractivity contribution in [3.8, 4) is 5.75 Å². The number of rotatable bonds is 11. The number of ether oxygens (including phenoxy) is 1. The molecule has 0 bridgehead atoms. The van der Waals surface area contributed by atoms with Crippen LogP contribution in [0.25, 0.3) is 0 Å². The van der Waals surface area contributed by atoms with Crippen molar-refractivity contribution in [3.63, 3.8) is 0 Å². The minimum absolute atomic E-state index is 0.119. The van der Waals surface area contributed by atoms with Gasteiger partial charge in [0.2, 0.25) is 11.8 Å². The zero-order valence-corrected chi connectivity index (χ0v) is 24.0. The fraction of sp³-hybridized carbons (Fsp3) is 0.531. The third-order valence-electron chi connectivity index (χ3n) is 8.90. The fourth-order valence-electron chi connectivity index (χ4n) is 6.67. The molecule has 7 nitrogen and oxygen atoms in total. The van der Waals surface area contributed by atoms with E-state index in [1.807, 2.05) is 12.1 Å². The highest BCUT2D eigenvalue weighted by Gasteiger charge is 2.33. The van der Waals surface area contributed by atoms with Crippen LogP contribution in [-0.2, 0) is 33.8 Å². The largest absolute Gasteiger partial charge is 0.491 e. The summed E-state index contributed by atoms with van der Waals surface area (Å²) in [6, 6.07) is 12.9. The summed E-state index contributed by atoms with van der Waals surface area (Å²) < 4.78 is 6.03. The van der Waals surface area contributed by atoms with Crippen LogP contribution in [0, 0.1) is 11.8 Å². The lowest BCUT2D eigenvalue weighted by Crippen LogP contribution is -2.34. The SMILES string of the molecule is CCc1cc(CN(CC2CCC(C(=O)O)CC2)[C@@H]2CCc3cc(Cl)ccc32)ccc1OCCN1C(=O)CCC1=O. The van der Waals surface area contributed by atoms with E-state index in [0.29, 0.717) is 24.8 Å². The number of carboxylic acid groups (broad SMARTS) is 1. The van der Waals surface area contributed by atoms with E-state index in [1.54, 1.807) is 0 Å². The van der Waals surface area contributed by atoms with Gasteiger partial charge in [0.1, 0.15) is 12.4 Å². The topological polar surface area (TPSA) is 87.2 Å². The molecule has 1 saturated carbocycles. The van der Waals surface area contributed by atoms with E-state index in [-0.39, 0.29) is 30.9 Å². The normalized spacial score (nSPS) is 22.7. The second-order valence-corrected chi connectivity index (χ2v) is 11.9. The highest BCUT2D eigenvalue weighted by Crippen LogP contribution is 2.40. The van der Waals surface area contributed by atoms with E-state index >= 15 is 0 Å². The second-order valence-electron chi connectivity index (χ2n) is 11.5. The van der Waals surface area contributed by atoms with Crippen LogP contribution in [0.5, 0.6) is 5.75 Å². The van der Waals surface area contributed by atoms with Gasteiger partial charge >= 0.3 is 5.97 Å². The molecule has 0 radical (unpaired) electrons. The van der Waals surface area contributed by atoms with E-state index in [4.69, 9.17) is 16.3 Å². The van der Waals surface area contributed by atoms with Gasteiger partial charge in [0.15, 0.2) is 0 Å². The minimum Gasteiger partial charge on any atom is -0.491 e. The Hall–Kier alpha value is -2.90. The Morgan fingerprint density at radius 3 is 2.48 bits per heavy atom. The van der Waals surface area contributed by atoms with Gasteiger partial charge in [0.05, 0.1) is 12.5 Å². The van der Waals surface area contributed by atoms with Crippen LogP contribution in [0.15, 0.2) is 36.4 Å². The molecule has 5 rings (SSSR count). The van der Waals surface area contributed by atoms with E-state index in [0.717, 1.165) is 74.4 Å². The van der Waals surface area contributed by atoms with E-state index in [1.165, 1.54) is 21.6 Å². The molecule has 0 spiro atoms. The number of amides is 2. The molecule has 0 unspecified atom stereocenters. The van der Waals surface area contributed by atoms with Gasteiger partial charge in [0, 0.05) is 37.0 Å². The minimum atomic E-state index is -0.662. The van der Waals surface area contributed by atoms with Crippen LogP contribution in [0.4, 0.5) is 0 Å². The maximum Gasteiger partial charge on any atom is 0.306 e. The number of fused-ring (bicyclic) bond motifs is 1. The molecule has 1 saturated heterocycles. The number of carbonyl (C=O) groups excluding carboxylic acids is 2. The van der Waals surface area contributed by atoms with Crippen molar-refractivity contribution in [2.24, 2.45) is 11.8 Å². The quantitative estimate of drug-likeness (QED) is 0.345. The third kappa shape index (κ3) is 6.52. The average molecular weight is 567 g/mol. The van der Waals surface area contributed by atoms with Gasteiger partial charge in [-0.05, 0) is 91.3 Å². The Bertz CT molecular complexity index is 1240. The number of likely N-dealkylation sites (tertiary alicyclic amines) is 1. The number of nitrogens with zero attached hydrogens (tertiary/aromatic N) is 2. The number of aliphatic carboxylic acids is 1. The van der Waals surface area contributed by atoms with E-state index < -0.39 is 5.97 Å². The number of halogens is 1. The number of carboxylic acids is 1. The Labute approximate surface area is 241 Å². The molecule has 1 N–H and O–H groups in total. The van der Waals surface area contributed by atoms with Crippen molar-refractivity contribution in [1.82, 2.24) is 9.80 Å². The number of hydrogen-bond donors (Lipinski definition) is 1. The Balaban J connectivity index is 1.29. The van der Waals surface area contributed by atoms with Crippen molar-refractivity contribution in [1.29, 1.82) is 0 Å². The highest BCUT2D eigenvalue weighted by molar-refractivity contribution is 6.30. The van der Waals surface area contributed by atoms with Crippen LogP contribution in [-0.4, -0.2) is 52.4 Å². The summed E-state index contributed by atoms with van der Waals surface area (Å²) in [6.45, 7) is 4.42. The second kappa shape index (κ2) is 12.7. The van der Waals surface area contributed by atoms with Gasteiger partial charge in [-0.1, -0.05) is 36.7 Å². The van der Waals surface area contributed by atoms with Crippen LogP contribution in [0.2, 0.25) is 5.02 Å². The summed E-state index contributed by atoms with van der Waals surface area (Å²) in [5.41, 5.74) is 5.00. The summed E-state index contributed by atoms with van der Waals surface area (Å²) in [5, 5.41) is 10.2. The number of benzene rings is 2. The first-order valence-electron chi connectivity index (χ1n) is 14.6. The first-order valence-corrected chi connectivity index (χ1v) is 15.0. The molecule has 1 atom stereocenters. The molecular formula is C32H39ClN2O5. The number of carbonyl (C=O) groups is 3. The summed E-state index contributed by atoms with van der Waals surface area (Å²) in [6.07, 6.45) is 6.87. The van der Waals surface area contributed by atoms with Crippen molar-refractivity contribution >= 4 is 29.4 Å². The standard InChI is InChI=1S/C32H39ClN2O5/c1-2-23-17-22(5-12-29(23)40-16-15-35-30(36)13-14-31(35)37)20-34(19-21-3-6-24(7-4-21)32(38)39)28-11-8-25-18-26(33)9-10-27(25)28/h5,9-10,12,17-18,21,24,28H,2-4,6-8,11,13-16,19-20H2,1H3,(H,38,39)/t21?,24?,28-/m1/s1. The van der Waals surface area contributed by atoms with Crippen LogP contribution in [0.3, 0.4) is 0 Å². The lowest BCUT2D eigenvalue weighted by atomic mass is 9.81. The van der Waals surface area contributed by atoms with E-state index in [2.05, 4.69) is 36.1 Å². The summed E-state index contributed by atoms with van der Waals surface area (Å²) >= 11 is 6.30. The molecule has 0 aromatic heterocycles. The summed E-state index contributed by atoms with van der Waals surface area (Å²) in [5.74, 6) is 0.172. The maximum absolute atomic E-state index is 11.9. The van der Waals surface area contributed by atoms with Crippen LogP contribution >= 0.6 is 11.6 Å². The third-order valence-corrected chi connectivity index (χ3v) is 9.13. The first kappa shape index (κ1) is 28.6. The van der Waals surface area contributed by atoms with Gasteiger partial charge in [-0.3, -0.25) is 24.2 Å². The van der Waals surface area contributed by atoms with Gasteiger partial charge in [-0.25, -0.2) is 0 Å². The summed E-state index contributed by atoms with van der Waals surface area (Å²) in [7, 11) is 0. The molecule has 2 aromatic rings. The van der Waals surface area contributed by atoms with E-state index in [9.17, 15) is 19.5 Å². The van der Waals surface area contributed by atoms with Crippen molar-refractivity contribution < 1.29 is 24.2 Å². The number of aryl methyl sites for hydroxylation is 2. The Morgan fingerprint density at radius 1 is 1.02 bits per heavy atom. The molecule has 2 aromatic carbocycles. The molecular weight excluding hydrogens is 528 g/mol. The molecule has 3 aliphatic rings. The zero-order valence-electron chi connectivity index (χ0n) is 23.2. The molecule has 2 amide bonds. The molecule has 40 heavy (non-hydrogen) atoms. The summed E-state index contributed by atoms with van der Waals surface area (Å²) in [4.78, 5) is 39.2. The molecule has 8 heteroatoms. The van der Waals surface area contributed by atoms with Gasteiger partial charge < -0.3 is 9.84 Å². The fourth-order valence-corrected chi connectivity index (χ4v) is 6.87. The number of hydrogen-bond acceptors (Lipinski definition) is 5. The Kier molecular flexibility index (Phi) is 9.11. The lowest BCUT2D eigenvalue weighted by molar-refractivity contribution is -0.143.